The van der Waals surface area contributed by atoms with E-state index in [1.807, 2.05) is 5.32 Å². The second-order valence-electron chi connectivity index (χ2n) is 8.18. The zero-order chi connectivity index (χ0) is 25.9. The Hall–Kier alpha value is -4.01. The number of aromatic nitrogens is 3. The predicted octanol–water partition coefficient (Wildman–Crippen LogP) is 0.444. The van der Waals surface area contributed by atoms with Crippen molar-refractivity contribution < 1.29 is 32.3 Å². The zero-order valence-corrected chi connectivity index (χ0v) is 18.9. The Balaban J connectivity index is 1.47. The molecule has 192 valence electrons. The van der Waals surface area contributed by atoms with Gasteiger partial charge in [-0.15, -0.1) is 10.2 Å². The van der Waals surface area contributed by atoms with Crippen LogP contribution in [0.25, 0.3) is 0 Å². The van der Waals surface area contributed by atoms with Crippen LogP contribution in [0.1, 0.15) is 27.3 Å². The summed E-state index contributed by atoms with van der Waals surface area (Å²) in [5, 5.41) is 12.5. The Morgan fingerprint density at radius 3 is 2.39 bits per heavy atom. The third-order valence-electron chi connectivity index (χ3n) is 5.67. The van der Waals surface area contributed by atoms with Crippen molar-refractivity contribution >= 4 is 35.2 Å². The van der Waals surface area contributed by atoms with Crippen molar-refractivity contribution in [1.82, 2.24) is 25.4 Å². The number of alkyl halides is 3. The van der Waals surface area contributed by atoms with Crippen LogP contribution in [0.15, 0.2) is 24.3 Å². The summed E-state index contributed by atoms with van der Waals surface area (Å²) in [6, 6.07) is 5.73. The molecule has 0 aliphatic carbocycles. The van der Waals surface area contributed by atoms with Crippen LogP contribution in [0.2, 0.25) is 0 Å². The van der Waals surface area contributed by atoms with E-state index in [9.17, 15) is 27.6 Å². The maximum absolute atomic E-state index is 12.6. The number of nitrogens with one attached hydrogen (secondary N) is 2. The van der Waals surface area contributed by atoms with Gasteiger partial charge in [-0.25, -0.2) is 0 Å². The molecular weight excluding hydrogens is 485 g/mol. The van der Waals surface area contributed by atoms with Crippen LogP contribution in [-0.2, 0) is 9.53 Å². The molecule has 1 aromatic carbocycles. The van der Waals surface area contributed by atoms with Gasteiger partial charge in [0.1, 0.15) is 0 Å². The molecular formula is C21H23F3N8O4. The summed E-state index contributed by atoms with van der Waals surface area (Å²) in [5.41, 5.74) is 6.10. The number of nitrogens with zero attached hydrogens (tertiary/aromatic N) is 5. The summed E-state index contributed by atoms with van der Waals surface area (Å²) < 4.78 is 42.8. The summed E-state index contributed by atoms with van der Waals surface area (Å²) in [6.07, 6.45) is -4.74. The quantitative estimate of drug-likeness (QED) is 0.504. The summed E-state index contributed by atoms with van der Waals surface area (Å²) in [4.78, 5) is 43.2. The molecule has 3 heterocycles. The van der Waals surface area contributed by atoms with Gasteiger partial charge in [-0.2, -0.15) is 18.2 Å². The van der Waals surface area contributed by atoms with Crippen LogP contribution in [0.5, 0.6) is 0 Å². The van der Waals surface area contributed by atoms with Crippen molar-refractivity contribution in [2.45, 2.75) is 18.6 Å². The number of nitrogens with two attached hydrogens (primary N) is 1. The average Bonchev–Trinajstić information content (AvgIpc) is 3.32. The molecule has 12 nitrogen and oxygen atoms in total. The monoisotopic (exact) mass is 508 g/mol. The minimum absolute atomic E-state index is 0.0115. The second-order valence-corrected chi connectivity index (χ2v) is 8.18. The minimum atomic E-state index is -4.98. The van der Waals surface area contributed by atoms with Crippen molar-refractivity contribution in [2.24, 2.45) is 5.73 Å². The maximum atomic E-state index is 12.6. The van der Waals surface area contributed by atoms with Crippen molar-refractivity contribution in [1.29, 1.82) is 0 Å². The van der Waals surface area contributed by atoms with Crippen molar-refractivity contribution in [3.63, 3.8) is 0 Å². The van der Waals surface area contributed by atoms with Gasteiger partial charge in [-0.1, -0.05) is 0 Å². The van der Waals surface area contributed by atoms with Crippen LogP contribution < -0.4 is 21.3 Å². The van der Waals surface area contributed by atoms with Crippen LogP contribution in [0, 0.1) is 0 Å². The van der Waals surface area contributed by atoms with E-state index in [-0.39, 0.29) is 42.9 Å². The molecule has 0 radical (unpaired) electrons. The lowest BCUT2D eigenvalue weighted by atomic mass is 10.1. The number of halogens is 3. The van der Waals surface area contributed by atoms with Gasteiger partial charge in [0.2, 0.25) is 5.95 Å². The molecule has 3 amide bonds. The molecule has 2 aliphatic heterocycles. The molecule has 36 heavy (non-hydrogen) atoms. The lowest BCUT2D eigenvalue weighted by molar-refractivity contribution is -0.174. The number of carbonyl (C=O) groups is 3. The highest BCUT2D eigenvalue weighted by molar-refractivity contribution is 5.97. The van der Waals surface area contributed by atoms with E-state index in [1.165, 1.54) is 4.90 Å². The third kappa shape index (κ3) is 5.79. The van der Waals surface area contributed by atoms with Gasteiger partial charge >= 0.3 is 12.1 Å². The molecule has 2 aromatic rings. The number of anilines is 3. The van der Waals surface area contributed by atoms with Crippen LogP contribution in [0.3, 0.4) is 0 Å². The smallest absolute Gasteiger partial charge is 0.378 e. The van der Waals surface area contributed by atoms with E-state index >= 15 is 0 Å². The minimum Gasteiger partial charge on any atom is -0.378 e. The largest absolute Gasteiger partial charge is 0.471 e. The second kappa shape index (κ2) is 10.3. The Bertz CT molecular complexity index is 1140. The lowest BCUT2D eigenvalue weighted by Gasteiger charge is -2.26. The molecule has 0 bridgehead atoms. The summed E-state index contributed by atoms with van der Waals surface area (Å²) >= 11 is 0. The first-order valence-electron chi connectivity index (χ1n) is 11.0. The van der Waals surface area contributed by atoms with E-state index in [4.69, 9.17) is 10.5 Å². The van der Waals surface area contributed by atoms with Gasteiger partial charge in [0.25, 0.3) is 11.8 Å². The number of carbonyl (C=O) groups excluding carboxylic acids is 3. The summed E-state index contributed by atoms with van der Waals surface area (Å²) in [5.74, 6) is -3.00. The van der Waals surface area contributed by atoms with Crippen molar-refractivity contribution in [2.75, 3.05) is 49.6 Å². The first kappa shape index (κ1) is 25.1. The number of amides is 3. The van der Waals surface area contributed by atoms with Gasteiger partial charge in [0.05, 0.1) is 13.2 Å². The normalized spacial score (nSPS) is 18.1. The van der Waals surface area contributed by atoms with Gasteiger partial charge in [-0.3, -0.25) is 14.4 Å². The fourth-order valence-corrected chi connectivity index (χ4v) is 3.81. The van der Waals surface area contributed by atoms with E-state index in [0.29, 0.717) is 37.6 Å². The molecule has 0 saturated carbocycles. The highest BCUT2D eigenvalue weighted by Gasteiger charge is 2.41. The van der Waals surface area contributed by atoms with E-state index < -0.39 is 24.0 Å². The average molecular weight is 508 g/mol. The summed E-state index contributed by atoms with van der Waals surface area (Å²) in [6.45, 7) is 2.27. The molecule has 4 N–H and O–H groups in total. The number of primary amides is 1. The number of hydrogen-bond acceptors (Lipinski definition) is 9. The molecule has 1 aromatic heterocycles. The first-order valence-corrected chi connectivity index (χ1v) is 11.0. The Morgan fingerprint density at radius 1 is 1.06 bits per heavy atom. The molecule has 2 aliphatic rings. The summed E-state index contributed by atoms with van der Waals surface area (Å²) in [7, 11) is 0. The van der Waals surface area contributed by atoms with E-state index in [2.05, 4.69) is 20.5 Å². The number of benzene rings is 1. The van der Waals surface area contributed by atoms with Crippen molar-refractivity contribution in [3.8, 4) is 0 Å². The maximum Gasteiger partial charge on any atom is 0.471 e. The van der Waals surface area contributed by atoms with E-state index in [1.54, 1.807) is 29.2 Å². The topological polar surface area (TPSA) is 156 Å². The number of rotatable bonds is 6. The third-order valence-corrected chi connectivity index (χ3v) is 5.67. The fraction of sp³-hybridized carbons (Fsp3) is 0.429. The van der Waals surface area contributed by atoms with Crippen molar-refractivity contribution in [3.05, 3.63) is 35.5 Å². The molecule has 4 rings (SSSR count). The SMILES string of the molecule is NC(=O)c1nnc(N2CCC(NC(=O)C(F)(F)F)C2)nc1Nc1ccc(C(=O)N2CCOCC2)cc1. The molecule has 2 saturated heterocycles. The molecule has 1 atom stereocenters. The molecule has 15 heteroatoms. The first-order chi connectivity index (χ1) is 17.1. The fourth-order valence-electron chi connectivity index (χ4n) is 3.81. The number of hydrogen-bond donors (Lipinski definition) is 3. The van der Waals surface area contributed by atoms with Gasteiger partial charge in [0, 0.05) is 43.5 Å². The number of morpholine rings is 1. The Morgan fingerprint density at radius 2 is 1.75 bits per heavy atom. The van der Waals surface area contributed by atoms with Gasteiger partial charge in [-0.05, 0) is 30.7 Å². The Kier molecular flexibility index (Phi) is 7.19. The van der Waals surface area contributed by atoms with Crippen LogP contribution in [0.4, 0.5) is 30.6 Å². The zero-order valence-electron chi connectivity index (χ0n) is 18.9. The standard InChI is InChI=1S/C21H23F3N8O4/c22-21(23,24)19(35)27-14-5-6-32(11-14)20-28-17(15(16(25)33)29-30-20)26-13-3-1-12(2-4-13)18(34)31-7-9-36-10-8-31/h1-4,14H,5-11H2,(H2,25,33)(H,27,35)(H,26,28,30). The Labute approximate surface area is 203 Å². The number of ether oxygens (including phenoxy) is 1. The lowest BCUT2D eigenvalue weighted by Crippen LogP contribution is -2.44. The highest BCUT2D eigenvalue weighted by Crippen LogP contribution is 2.23. The van der Waals surface area contributed by atoms with Crippen LogP contribution >= 0.6 is 0 Å². The van der Waals surface area contributed by atoms with E-state index in [0.717, 1.165) is 0 Å². The van der Waals surface area contributed by atoms with Crippen LogP contribution in [-0.4, -0.2) is 89.4 Å². The van der Waals surface area contributed by atoms with Gasteiger partial charge in [0.15, 0.2) is 11.5 Å². The van der Waals surface area contributed by atoms with Gasteiger partial charge < -0.3 is 30.9 Å². The molecule has 1 unspecified atom stereocenters. The highest BCUT2D eigenvalue weighted by atomic mass is 19.4. The molecule has 0 spiro atoms. The molecule has 2 fully saturated rings. The predicted molar refractivity (Wildman–Crippen MR) is 120 cm³/mol.